The highest BCUT2D eigenvalue weighted by atomic mass is 16.5. The summed E-state index contributed by atoms with van der Waals surface area (Å²) in [6, 6.07) is 7.24. The van der Waals surface area contributed by atoms with Crippen LogP contribution in [0, 0.1) is 5.41 Å². The number of ether oxygens (including phenoxy) is 2. The lowest BCUT2D eigenvalue weighted by Crippen LogP contribution is -2.35. The monoisotopic (exact) mass is 307 g/mol. The minimum Gasteiger partial charge on any atom is -0.493 e. The average Bonchev–Trinajstić information content (AvgIpc) is 2.92. The van der Waals surface area contributed by atoms with Crippen LogP contribution in [0.25, 0.3) is 0 Å². The predicted molar refractivity (Wildman–Crippen MR) is 80.0 cm³/mol. The summed E-state index contributed by atoms with van der Waals surface area (Å²) in [5.41, 5.74) is -0.834. The molecule has 0 aliphatic carbocycles. The molecule has 0 saturated carbocycles. The Labute approximate surface area is 129 Å². The number of para-hydroxylation sites is 2. The quantitative estimate of drug-likeness (QED) is 0.867. The van der Waals surface area contributed by atoms with Crippen molar-refractivity contribution in [2.45, 2.75) is 19.8 Å². The van der Waals surface area contributed by atoms with Crippen molar-refractivity contribution in [3.8, 4) is 11.5 Å². The molecule has 6 heteroatoms. The van der Waals surface area contributed by atoms with Gasteiger partial charge >= 0.3 is 5.97 Å². The van der Waals surface area contributed by atoms with E-state index in [0.29, 0.717) is 24.5 Å². The maximum atomic E-state index is 12.1. The van der Waals surface area contributed by atoms with E-state index in [1.807, 2.05) is 12.1 Å². The molecule has 1 N–H and O–H groups in total. The van der Waals surface area contributed by atoms with Gasteiger partial charge in [0, 0.05) is 13.1 Å². The zero-order valence-corrected chi connectivity index (χ0v) is 12.9. The zero-order valence-electron chi connectivity index (χ0n) is 12.9. The van der Waals surface area contributed by atoms with Crippen molar-refractivity contribution in [3.63, 3.8) is 0 Å². The van der Waals surface area contributed by atoms with Crippen LogP contribution in [0.3, 0.4) is 0 Å². The number of benzene rings is 1. The van der Waals surface area contributed by atoms with Crippen molar-refractivity contribution >= 4 is 11.9 Å². The zero-order chi connectivity index (χ0) is 16.2. The Morgan fingerprint density at radius 1 is 1.32 bits per heavy atom. The second kappa shape index (κ2) is 6.68. The van der Waals surface area contributed by atoms with E-state index in [2.05, 4.69) is 0 Å². The number of likely N-dealkylation sites (tertiary alicyclic amines) is 1. The first-order chi connectivity index (χ1) is 10.5. The molecule has 22 heavy (non-hydrogen) atoms. The number of hydrogen-bond acceptors (Lipinski definition) is 4. The van der Waals surface area contributed by atoms with Crippen LogP contribution in [0.5, 0.6) is 11.5 Å². The first-order valence-electron chi connectivity index (χ1n) is 7.23. The molecule has 1 aromatic rings. The largest absolute Gasteiger partial charge is 0.493 e. The van der Waals surface area contributed by atoms with Gasteiger partial charge in [0.05, 0.1) is 25.6 Å². The number of aliphatic carboxylic acids is 1. The minimum absolute atomic E-state index is 0.0835. The van der Waals surface area contributed by atoms with Crippen molar-refractivity contribution in [3.05, 3.63) is 24.3 Å². The van der Waals surface area contributed by atoms with Crippen LogP contribution in [-0.2, 0) is 9.59 Å². The maximum Gasteiger partial charge on any atom is 0.311 e. The molecule has 0 unspecified atom stereocenters. The Hall–Kier alpha value is -2.24. The highest BCUT2D eigenvalue weighted by Crippen LogP contribution is 2.30. The molecule has 1 heterocycles. The molecule has 1 aromatic carbocycles. The molecule has 6 nitrogen and oxygen atoms in total. The van der Waals surface area contributed by atoms with E-state index < -0.39 is 11.4 Å². The standard InChI is InChI=1S/C16H21NO5/c1-16(15(19)20)8-9-17(11-16)14(18)7-10-22-13-6-4-3-5-12(13)21-2/h3-6H,7-11H2,1-2H3,(H,19,20)/t16-/m1/s1. The molecule has 0 bridgehead atoms. The second-order valence-corrected chi connectivity index (χ2v) is 5.68. The second-order valence-electron chi connectivity index (χ2n) is 5.68. The van der Waals surface area contributed by atoms with E-state index in [-0.39, 0.29) is 25.5 Å². The van der Waals surface area contributed by atoms with Crippen molar-refractivity contribution in [2.24, 2.45) is 5.41 Å². The third kappa shape index (κ3) is 3.50. The van der Waals surface area contributed by atoms with Gasteiger partial charge in [-0.25, -0.2) is 0 Å². The Morgan fingerprint density at radius 2 is 2.00 bits per heavy atom. The predicted octanol–water partition coefficient (Wildman–Crippen LogP) is 1.79. The van der Waals surface area contributed by atoms with Gasteiger partial charge in [-0.3, -0.25) is 9.59 Å². The highest BCUT2D eigenvalue weighted by Gasteiger charge is 2.41. The number of carboxylic acids is 1. The van der Waals surface area contributed by atoms with Crippen LogP contribution in [-0.4, -0.2) is 48.7 Å². The van der Waals surface area contributed by atoms with Gasteiger partial charge in [-0.15, -0.1) is 0 Å². The van der Waals surface area contributed by atoms with Gasteiger partial charge in [0.1, 0.15) is 0 Å². The topological polar surface area (TPSA) is 76.1 Å². The van der Waals surface area contributed by atoms with E-state index in [0.717, 1.165) is 0 Å². The van der Waals surface area contributed by atoms with Crippen molar-refractivity contribution in [2.75, 3.05) is 26.8 Å². The summed E-state index contributed by atoms with van der Waals surface area (Å²) in [7, 11) is 1.56. The number of amides is 1. The van der Waals surface area contributed by atoms with Gasteiger partial charge in [0.2, 0.25) is 5.91 Å². The number of methoxy groups -OCH3 is 1. The van der Waals surface area contributed by atoms with E-state index in [1.165, 1.54) is 0 Å². The van der Waals surface area contributed by atoms with Crippen LogP contribution in [0.1, 0.15) is 19.8 Å². The number of nitrogens with zero attached hydrogens (tertiary/aromatic N) is 1. The molecule has 120 valence electrons. The van der Waals surface area contributed by atoms with Crippen molar-refractivity contribution in [1.29, 1.82) is 0 Å². The van der Waals surface area contributed by atoms with Gasteiger partial charge in [0.25, 0.3) is 0 Å². The van der Waals surface area contributed by atoms with E-state index in [9.17, 15) is 14.7 Å². The molecular formula is C16H21NO5. The molecule has 1 aliphatic rings. The molecule has 1 atom stereocenters. The number of hydrogen-bond donors (Lipinski definition) is 1. The van der Waals surface area contributed by atoms with Crippen LogP contribution in [0.2, 0.25) is 0 Å². The van der Waals surface area contributed by atoms with Crippen molar-refractivity contribution < 1.29 is 24.2 Å². The smallest absolute Gasteiger partial charge is 0.311 e. The van der Waals surface area contributed by atoms with Gasteiger partial charge in [-0.2, -0.15) is 0 Å². The summed E-state index contributed by atoms with van der Waals surface area (Å²) in [5.74, 6) is 0.275. The molecule has 0 spiro atoms. The van der Waals surface area contributed by atoms with E-state index >= 15 is 0 Å². The van der Waals surface area contributed by atoms with Crippen LogP contribution in [0.4, 0.5) is 0 Å². The van der Waals surface area contributed by atoms with Gasteiger partial charge in [0.15, 0.2) is 11.5 Å². The summed E-state index contributed by atoms with van der Waals surface area (Å²) in [6.45, 7) is 2.65. The first-order valence-corrected chi connectivity index (χ1v) is 7.23. The van der Waals surface area contributed by atoms with Crippen LogP contribution in [0.15, 0.2) is 24.3 Å². The summed E-state index contributed by atoms with van der Waals surface area (Å²) in [4.78, 5) is 24.9. The van der Waals surface area contributed by atoms with Crippen molar-refractivity contribution in [1.82, 2.24) is 4.90 Å². The summed E-state index contributed by atoms with van der Waals surface area (Å²) in [5, 5.41) is 9.18. The molecule has 1 saturated heterocycles. The molecule has 1 amide bonds. The fraction of sp³-hybridized carbons (Fsp3) is 0.500. The normalized spacial score (nSPS) is 20.7. The lowest BCUT2D eigenvalue weighted by molar-refractivity contribution is -0.147. The van der Waals surface area contributed by atoms with E-state index in [1.54, 1.807) is 31.1 Å². The molecule has 1 aliphatic heterocycles. The fourth-order valence-electron chi connectivity index (χ4n) is 2.49. The van der Waals surface area contributed by atoms with Crippen LogP contribution >= 0.6 is 0 Å². The maximum absolute atomic E-state index is 12.1. The number of rotatable bonds is 6. The third-order valence-corrected chi connectivity index (χ3v) is 3.98. The summed E-state index contributed by atoms with van der Waals surface area (Å²) < 4.78 is 10.7. The SMILES string of the molecule is COc1ccccc1OCCC(=O)N1CC[C@@](C)(C(=O)O)C1. The molecule has 0 aromatic heterocycles. The molecular weight excluding hydrogens is 286 g/mol. The lowest BCUT2D eigenvalue weighted by Gasteiger charge is -2.20. The fourth-order valence-corrected chi connectivity index (χ4v) is 2.49. The first kappa shape index (κ1) is 16.1. The third-order valence-electron chi connectivity index (χ3n) is 3.98. The van der Waals surface area contributed by atoms with E-state index in [4.69, 9.17) is 9.47 Å². The Morgan fingerprint density at radius 3 is 2.59 bits per heavy atom. The molecule has 0 radical (unpaired) electrons. The highest BCUT2D eigenvalue weighted by molar-refractivity contribution is 5.80. The lowest BCUT2D eigenvalue weighted by atomic mass is 9.90. The molecule has 2 rings (SSSR count). The van der Waals surface area contributed by atoms with Gasteiger partial charge in [-0.1, -0.05) is 12.1 Å². The number of carbonyl (C=O) groups excluding carboxylic acids is 1. The van der Waals surface area contributed by atoms with Crippen LogP contribution < -0.4 is 9.47 Å². The Bertz CT molecular complexity index is 559. The Balaban J connectivity index is 1.83. The average molecular weight is 307 g/mol. The summed E-state index contributed by atoms with van der Waals surface area (Å²) >= 11 is 0. The molecule has 1 fully saturated rings. The minimum atomic E-state index is -0.854. The van der Waals surface area contributed by atoms with Gasteiger partial charge in [-0.05, 0) is 25.5 Å². The number of carbonyl (C=O) groups is 2. The van der Waals surface area contributed by atoms with Gasteiger partial charge < -0.3 is 19.5 Å². The number of carboxylic acid groups (broad SMARTS) is 1. The summed E-state index contributed by atoms with van der Waals surface area (Å²) in [6.07, 6.45) is 0.704. The Kier molecular flexibility index (Phi) is 4.90.